The molecule has 1 aliphatic rings. The molecule has 9 heteroatoms. The zero-order chi connectivity index (χ0) is 21.2. The Labute approximate surface area is 183 Å². The minimum Gasteiger partial charge on any atom is -0.449 e. The standard InChI is InChI=1S/C20H23Cl2N3O3S/c1-20(12-28-19(23)27)8-10-25(11-9-20)16-7-6-15(18(26)24(16)2)29-14-5-3-4-13(21)17(14)22/h3-7H,8-12H2,1-2H3,(H2,23,27). The fourth-order valence-electron chi connectivity index (χ4n) is 3.34. The molecule has 1 saturated heterocycles. The highest BCUT2D eigenvalue weighted by Crippen LogP contribution is 2.37. The Morgan fingerprint density at radius 2 is 1.90 bits per heavy atom. The number of nitrogens with zero attached hydrogens (tertiary/aromatic N) is 2. The number of ether oxygens (including phenoxy) is 1. The van der Waals surface area contributed by atoms with Gasteiger partial charge in [-0.2, -0.15) is 0 Å². The average Bonchev–Trinajstić information content (AvgIpc) is 2.69. The van der Waals surface area contributed by atoms with Gasteiger partial charge in [-0.25, -0.2) is 4.79 Å². The second-order valence-corrected chi connectivity index (χ2v) is 9.35. The van der Waals surface area contributed by atoms with Gasteiger partial charge in [-0.1, -0.05) is 48.0 Å². The summed E-state index contributed by atoms with van der Waals surface area (Å²) in [5, 5.41) is 0.903. The van der Waals surface area contributed by atoms with Gasteiger partial charge in [-0.05, 0) is 37.1 Å². The smallest absolute Gasteiger partial charge is 0.404 e. The molecule has 0 radical (unpaired) electrons. The van der Waals surface area contributed by atoms with Crippen LogP contribution in [0.25, 0.3) is 0 Å². The molecular weight excluding hydrogens is 433 g/mol. The van der Waals surface area contributed by atoms with Gasteiger partial charge in [-0.15, -0.1) is 0 Å². The number of halogens is 2. The summed E-state index contributed by atoms with van der Waals surface area (Å²) in [5.41, 5.74) is 4.89. The van der Waals surface area contributed by atoms with Gasteiger partial charge in [0.1, 0.15) is 5.82 Å². The largest absolute Gasteiger partial charge is 0.449 e. The summed E-state index contributed by atoms with van der Waals surface area (Å²) in [6.45, 7) is 3.92. The first kappa shape index (κ1) is 21.9. The molecule has 2 N–H and O–H groups in total. The summed E-state index contributed by atoms with van der Waals surface area (Å²) in [5.74, 6) is 0.856. The van der Waals surface area contributed by atoms with Crippen LogP contribution in [-0.2, 0) is 11.8 Å². The van der Waals surface area contributed by atoms with Crippen molar-refractivity contribution in [3.63, 3.8) is 0 Å². The first-order valence-corrected chi connectivity index (χ1v) is 10.8. The quantitative estimate of drug-likeness (QED) is 0.715. The van der Waals surface area contributed by atoms with Crippen molar-refractivity contribution in [1.29, 1.82) is 0 Å². The third kappa shape index (κ3) is 5.02. The summed E-state index contributed by atoms with van der Waals surface area (Å²) in [4.78, 5) is 27.3. The first-order valence-electron chi connectivity index (χ1n) is 9.19. The van der Waals surface area contributed by atoms with Crippen LogP contribution in [0.3, 0.4) is 0 Å². The van der Waals surface area contributed by atoms with E-state index >= 15 is 0 Å². The van der Waals surface area contributed by atoms with E-state index in [1.807, 2.05) is 24.3 Å². The third-order valence-corrected chi connectivity index (χ3v) is 7.26. The number of amides is 1. The molecule has 0 unspecified atom stereocenters. The Morgan fingerprint density at radius 3 is 2.55 bits per heavy atom. The monoisotopic (exact) mass is 455 g/mol. The Bertz CT molecular complexity index is 972. The van der Waals surface area contributed by atoms with E-state index in [4.69, 9.17) is 33.7 Å². The molecule has 0 saturated carbocycles. The third-order valence-electron chi connectivity index (χ3n) is 5.24. The van der Waals surface area contributed by atoms with E-state index in [9.17, 15) is 9.59 Å². The van der Waals surface area contributed by atoms with Gasteiger partial charge in [0.15, 0.2) is 0 Å². The van der Waals surface area contributed by atoms with E-state index in [0.717, 1.165) is 36.6 Å². The number of carbonyl (C=O) groups excluding carboxylic acids is 1. The van der Waals surface area contributed by atoms with E-state index in [1.54, 1.807) is 17.7 Å². The molecule has 2 aromatic rings. The van der Waals surface area contributed by atoms with Crippen LogP contribution in [0.2, 0.25) is 10.0 Å². The molecule has 1 fully saturated rings. The summed E-state index contributed by atoms with van der Waals surface area (Å²) in [6.07, 6.45) is 0.926. The molecule has 0 spiro atoms. The SMILES string of the molecule is Cn1c(N2CCC(C)(COC(N)=O)CC2)ccc(Sc2cccc(Cl)c2Cl)c1=O. The van der Waals surface area contributed by atoms with Crippen LogP contribution in [0.5, 0.6) is 0 Å². The van der Waals surface area contributed by atoms with Crippen LogP contribution in [-0.4, -0.2) is 30.4 Å². The average molecular weight is 456 g/mol. The summed E-state index contributed by atoms with van der Waals surface area (Å²) in [7, 11) is 1.77. The first-order chi connectivity index (χ1) is 13.7. The number of anilines is 1. The van der Waals surface area contributed by atoms with Crippen molar-refractivity contribution in [2.45, 2.75) is 29.6 Å². The molecule has 29 heavy (non-hydrogen) atoms. The van der Waals surface area contributed by atoms with Crippen molar-refractivity contribution >= 4 is 46.9 Å². The molecule has 1 aromatic heterocycles. The number of rotatable bonds is 5. The number of hydrogen-bond donors (Lipinski definition) is 1. The van der Waals surface area contributed by atoms with E-state index in [0.29, 0.717) is 21.5 Å². The van der Waals surface area contributed by atoms with Gasteiger partial charge in [0.25, 0.3) is 5.56 Å². The number of benzene rings is 1. The zero-order valence-electron chi connectivity index (χ0n) is 16.3. The van der Waals surface area contributed by atoms with E-state index < -0.39 is 6.09 Å². The number of nitrogens with two attached hydrogens (primary N) is 1. The second kappa shape index (κ2) is 8.90. The van der Waals surface area contributed by atoms with Crippen LogP contribution in [0, 0.1) is 5.41 Å². The van der Waals surface area contributed by atoms with Crippen molar-refractivity contribution in [2.24, 2.45) is 18.2 Å². The fourth-order valence-corrected chi connectivity index (χ4v) is 4.76. The lowest BCUT2D eigenvalue weighted by molar-refractivity contribution is 0.0817. The second-order valence-electron chi connectivity index (χ2n) is 7.48. The molecule has 1 amide bonds. The lowest BCUT2D eigenvalue weighted by atomic mass is 9.81. The van der Waals surface area contributed by atoms with Crippen molar-refractivity contribution in [3.8, 4) is 0 Å². The van der Waals surface area contributed by atoms with Crippen LogP contribution in [0.4, 0.5) is 10.6 Å². The Kier molecular flexibility index (Phi) is 6.71. The van der Waals surface area contributed by atoms with Crippen LogP contribution in [0.15, 0.2) is 44.9 Å². The number of carbonyl (C=O) groups is 1. The molecule has 1 aliphatic heterocycles. The molecule has 2 heterocycles. The van der Waals surface area contributed by atoms with Crippen LogP contribution in [0.1, 0.15) is 19.8 Å². The Morgan fingerprint density at radius 1 is 1.21 bits per heavy atom. The van der Waals surface area contributed by atoms with Crippen molar-refractivity contribution in [3.05, 3.63) is 50.7 Å². The van der Waals surface area contributed by atoms with Crippen molar-refractivity contribution < 1.29 is 9.53 Å². The minimum absolute atomic E-state index is 0.0889. The Balaban J connectivity index is 1.74. The predicted molar refractivity (Wildman–Crippen MR) is 117 cm³/mol. The molecular formula is C20H23Cl2N3O3S. The van der Waals surface area contributed by atoms with Crippen molar-refractivity contribution in [2.75, 3.05) is 24.6 Å². The van der Waals surface area contributed by atoms with E-state index in [2.05, 4.69) is 11.8 Å². The van der Waals surface area contributed by atoms with Crippen molar-refractivity contribution in [1.82, 2.24) is 4.57 Å². The molecule has 0 aliphatic carbocycles. The summed E-state index contributed by atoms with van der Waals surface area (Å²) < 4.78 is 6.66. The van der Waals surface area contributed by atoms with E-state index in [1.165, 1.54) is 11.8 Å². The normalized spacial score (nSPS) is 15.9. The number of aromatic nitrogens is 1. The molecule has 3 rings (SSSR count). The molecule has 156 valence electrons. The van der Waals surface area contributed by atoms with Gasteiger partial charge in [0.05, 0.1) is 21.5 Å². The highest BCUT2D eigenvalue weighted by Gasteiger charge is 2.32. The minimum atomic E-state index is -0.746. The fraction of sp³-hybridized carbons (Fsp3) is 0.400. The Hall–Kier alpha value is -1.83. The maximum Gasteiger partial charge on any atom is 0.404 e. The lowest BCUT2D eigenvalue weighted by Gasteiger charge is -2.40. The highest BCUT2D eigenvalue weighted by molar-refractivity contribution is 7.99. The number of piperidine rings is 1. The summed E-state index contributed by atoms with van der Waals surface area (Å²) in [6, 6.07) is 9.13. The topological polar surface area (TPSA) is 77.6 Å². The van der Waals surface area contributed by atoms with Crippen LogP contribution < -0.4 is 16.2 Å². The number of hydrogen-bond acceptors (Lipinski definition) is 5. The highest BCUT2D eigenvalue weighted by atomic mass is 35.5. The number of primary amides is 1. The maximum atomic E-state index is 12.9. The molecule has 6 nitrogen and oxygen atoms in total. The van der Waals surface area contributed by atoms with Gasteiger partial charge in [-0.3, -0.25) is 9.36 Å². The summed E-state index contributed by atoms with van der Waals surface area (Å²) >= 11 is 13.6. The van der Waals surface area contributed by atoms with Gasteiger partial charge >= 0.3 is 6.09 Å². The van der Waals surface area contributed by atoms with Gasteiger partial charge in [0, 0.05) is 30.4 Å². The maximum absolute atomic E-state index is 12.9. The number of pyridine rings is 1. The lowest BCUT2D eigenvalue weighted by Crippen LogP contribution is -2.43. The van der Waals surface area contributed by atoms with Gasteiger partial charge < -0.3 is 15.4 Å². The molecule has 0 atom stereocenters. The van der Waals surface area contributed by atoms with Gasteiger partial charge in [0.2, 0.25) is 0 Å². The van der Waals surface area contributed by atoms with E-state index in [-0.39, 0.29) is 11.0 Å². The van der Waals surface area contributed by atoms with Crippen LogP contribution >= 0.6 is 35.0 Å². The predicted octanol–water partition coefficient (Wildman–Crippen LogP) is 4.55. The molecule has 0 bridgehead atoms. The molecule has 1 aromatic carbocycles. The zero-order valence-corrected chi connectivity index (χ0v) is 18.6.